The average molecular weight is 217 g/mol. The summed E-state index contributed by atoms with van der Waals surface area (Å²) in [4.78, 5) is 3.48. The Morgan fingerprint density at radius 2 is 1.41 bits per heavy atom. The molecule has 1 nitrogen and oxygen atoms in total. The molecular weight excluding hydrogens is 206 g/mol. The number of rotatable bonds is 0. The molecule has 0 fully saturated rings. The van der Waals surface area contributed by atoms with Crippen molar-refractivity contribution in [3.8, 4) is 11.1 Å². The van der Waals surface area contributed by atoms with Crippen LogP contribution in [0.3, 0.4) is 0 Å². The number of hydrogen-bond donors (Lipinski definition) is 1. The fraction of sp³-hybridized carbons (Fsp3) is 0. The van der Waals surface area contributed by atoms with Gasteiger partial charge in [-0.3, -0.25) is 0 Å². The van der Waals surface area contributed by atoms with Crippen LogP contribution in [0.15, 0.2) is 60.7 Å². The highest BCUT2D eigenvalue weighted by Crippen LogP contribution is 2.35. The maximum atomic E-state index is 3.48. The van der Waals surface area contributed by atoms with Crippen LogP contribution in [-0.4, -0.2) is 4.98 Å². The molecule has 0 amide bonds. The lowest BCUT2D eigenvalue weighted by molar-refractivity contribution is 1.55. The van der Waals surface area contributed by atoms with E-state index in [2.05, 4.69) is 65.6 Å². The minimum atomic E-state index is 1.20. The second-order valence-corrected chi connectivity index (χ2v) is 4.38. The number of H-pyrrole nitrogens is 1. The Balaban J connectivity index is 2.35. The molecule has 0 aliphatic heterocycles. The molecule has 2 aromatic rings. The third-order valence-corrected chi connectivity index (χ3v) is 3.39. The fourth-order valence-electron chi connectivity index (χ4n) is 2.63. The highest BCUT2D eigenvalue weighted by molar-refractivity contribution is 6.14. The molecule has 80 valence electrons. The minimum absolute atomic E-state index is 1.20. The first-order chi connectivity index (χ1) is 8.43. The van der Waals surface area contributed by atoms with E-state index in [9.17, 15) is 0 Å². The topological polar surface area (TPSA) is 15.8 Å². The van der Waals surface area contributed by atoms with Gasteiger partial charge in [0.15, 0.2) is 0 Å². The Morgan fingerprint density at radius 1 is 0.647 bits per heavy atom. The molecule has 0 saturated carbocycles. The van der Waals surface area contributed by atoms with E-state index >= 15 is 0 Å². The molecule has 1 aromatic carbocycles. The molecule has 1 aromatic heterocycles. The number of para-hydroxylation sites is 1. The zero-order chi connectivity index (χ0) is 11.2. The maximum absolute atomic E-state index is 3.48. The molecule has 1 heterocycles. The maximum Gasteiger partial charge on any atom is 0.0471 e. The summed E-state index contributed by atoms with van der Waals surface area (Å²) in [7, 11) is 0. The molecule has 0 saturated heterocycles. The summed E-state index contributed by atoms with van der Waals surface area (Å²) < 4.78 is 0. The number of benzene rings is 1. The SMILES string of the molecule is c1cc2cccc3[nH]c4ccccc4c3c-2c1. The van der Waals surface area contributed by atoms with Gasteiger partial charge in [-0.05, 0) is 23.3 Å². The van der Waals surface area contributed by atoms with Crippen molar-refractivity contribution in [1.29, 1.82) is 0 Å². The largest absolute Gasteiger partial charge is 0.354 e. The van der Waals surface area contributed by atoms with Crippen molar-refractivity contribution in [1.82, 2.24) is 4.98 Å². The normalized spacial score (nSPS) is 11.5. The first-order valence-corrected chi connectivity index (χ1v) is 5.82. The monoisotopic (exact) mass is 217 g/mol. The van der Waals surface area contributed by atoms with E-state index in [4.69, 9.17) is 0 Å². The van der Waals surface area contributed by atoms with Crippen LogP contribution in [-0.2, 0) is 0 Å². The molecule has 1 N–H and O–H groups in total. The molecular formula is C16H11N. The van der Waals surface area contributed by atoms with Crippen LogP contribution in [0.4, 0.5) is 0 Å². The minimum Gasteiger partial charge on any atom is -0.354 e. The van der Waals surface area contributed by atoms with Crippen molar-refractivity contribution in [2.75, 3.05) is 0 Å². The van der Waals surface area contributed by atoms with Crippen LogP contribution >= 0.6 is 0 Å². The van der Waals surface area contributed by atoms with Gasteiger partial charge in [0, 0.05) is 21.8 Å². The van der Waals surface area contributed by atoms with Crippen LogP contribution in [0.5, 0.6) is 0 Å². The van der Waals surface area contributed by atoms with Crippen LogP contribution < -0.4 is 0 Å². The standard InChI is InChI=1S/C16H11N/c1-2-9-14-13(7-1)16-12-8-3-5-11(12)6-4-10-15(16)17-14/h1-10,17H. The van der Waals surface area contributed by atoms with Gasteiger partial charge >= 0.3 is 0 Å². The van der Waals surface area contributed by atoms with Crippen LogP contribution in [0.1, 0.15) is 0 Å². The molecule has 0 unspecified atom stereocenters. The predicted octanol–water partition coefficient (Wildman–Crippen LogP) is 4.43. The van der Waals surface area contributed by atoms with Crippen molar-refractivity contribution in [3.63, 3.8) is 0 Å². The summed E-state index contributed by atoms with van der Waals surface area (Å²) in [5.74, 6) is 0. The predicted molar refractivity (Wildman–Crippen MR) is 72.4 cm³/mol. The van der Waals surface area contributed by atoms with Gasteiger partial charge in [-0.1, -0.05) is 48.5 Å². The first kappa shape index (κ1) is 8.82. The molecule has 0 radical (unpaired) electrons. The molecule has 1 heteroatoms. The van der Waals surface area contributed by atoms with Crippen molar-refractivity contribution >= 4 is 21.8 Å². The van der Waals surface area contributed by atoms with E-state index in [1.807, 2.05) is 0 Å². The molecule has 4 rings (SSSR count). The third-order valence-electron chi connectivity index (χ3n) is 3.39. The first-order valence-electron chi connectivity index (χ1n) is 5.82. The summed E-state index contributed by atoms with van der Waals surface area (Å²) in [5, 5.41) is 2.63. The zero-order valence-electron chi connectivity index (χ0n) is 9.27. The lowest BCUT2D eigenvalue weighted by Crippen LogP contribution is -1.68. The van der Waals surface area contributed by atoms with Crippen molar-refractivity contribution in [2.24, 2.45) is 0 Å². The second kappa shape index (κ2) is 3.11. The van der Waals surface area contributed by atoms with Gasteiger partial charge in [0.25, 0.3) is 0 Å². The van der Waals surface area contributed by atoms with E-state index in [0.29, 0.717) is 0 Å². The Labute approximate surface area is 99.0 Å². The fourth-order valence-corrected chi connectivity index (χ4v) is 2.63. The number of aromatic nitrogens is 1. The van der Waals surface area contributed by atoms with Crippen molar-refractivity contribution < 1.29 is 0 Å². The van der Waals surface area contributed by atoms with E-state index in [1.165, 1.54) is 32.9 Å². The van der Waals surface area contributed by atoms with Crippen LogP contribution in [0.25, 0.3) is 32.9 Å². The Hall–Kier alpha value is -2.28. The highest BCUT2D eigenvalue weighted by atomic mass is 14.7. The summed E-state index contributed by atoms with van der Waals surface area (Å²) in [6, 6.07) is 21.4. The van der Waals surface area contributed by atoms with Crippen molar-refractivity contribution in [3.05, 3.63) is 60.7 Å². The van der Waals surface area contributed by atoms with Gasteiger partial charge in [-0.25, -0.2) is 0 Å². The lowest BCUT2D eigenvalue weighted by Gasteiger charge is -1.95. The molecule has 0 bridgehead atoms. The molecule has 2 aliphatic rings. The van der Waals surface area contributed by atoms with Gasteiger partial charge in [-0.15, -0.1) is 0 Å². The number of aromatic amines is 1. The molecule has 0 spiro atoms. The summed E-state index contributed by atoms with van der Waals surface area (Å²) in [6.07, 6.45) is 0. The number of nitrogens with one attached hydrogen (secondary N) is 1. The highest BCUT2D eigenvalue weighted by Gasteiger charge is 2.09. The summed E-state index contributed by atoms with van der Waals surface area (Å²) >= 11 is 0. The number of fused-ring (bicyclic) bond motifs is 5. The number of hydrogen-bond acceptors (Lipinski definition) is 0. The van der Waals surface area contributed by atoms with Crippen molar-refractivity contribution in [2.45, 2.75) is 0 Å². The molecule has 17 heavy (non-hydrogen) atoms. The van der Waals surface area contributed by atoms with Gasteiger partial charge in [0.1, 0.15) is 0 Å². The summed E-state index contributed by atoms with van der Waals surface area (Å²) in [6.45, 7) is 0. The van der Waals surface area contributed by atoms with Gasteiger partial charge in [-0.2, -0.15) is 0 Å². The van der Waals surface area contributed by atoms with Gasteiger partial charge < -0.3 is 4.98 Å². The summed E-state index contributed by atoms with van der Waals surface area (Å²) in [5.41, 5.74) is 5.02. The van der Waals surface area contributed by atoms with Gasteiger partial charge in [0.2, 0.25) is 0 Å². The Bertz CT molecular complexity index is 795. The van der Waals surface area contributed by atoms with Crippen LogP contribution in [0, 0.1) is 0 Å². The lowest BCUT2D eigenvalue weighted by atomic mass is 10.1. The second-order valence-electron chi connectivity index (χ2n) is 4.38. The van der Waals surface area contributed by atoms with E-state index in [0.717, 1.165) is 0 Å². The Morgan fingerprint density at radius 3 is 2.35 bits per heavy atom. The van der Waals surface area contributed by atoms with E-state index in [1.54, 1.807) is 0 Å². The van der Waals surface area contributed by atoms with Crippen LogP contribution in [0.2, 0.25) is 0 Å². The smallest absolute Gasteiger partial charge is 0.0471 e. The molecule has 0 atom stereocenters. The quantitative estimate of drug-likeness (QED) is 0.448. The van der Waals surface area contributed by atoms with Gasteiger partial charge in [0.05, 0.1) is 0 Å². The van der Waals surface area contributed by atoms with E-state index < -0.39 is 0 Å². The molecule has 2 aliphatic carbocycles. The average Bonchev–Trinajstić information content (AvgIpc) is 2.90. The van der Waals surface area contributed by atoms with E-state index in [-0.39, 0.29) is 0 Å². The Kier molecular flexibility index (Phi) is 1.61. The third kappa shape index (κ3) is 1.14. The zero-order valence-corrected chi connectivity index (χ0v) is 9.27.